The normalized spacial score (nSPS) is 10.4. The summed E-state index contributed by atoms with van der Waals surface area (Å²) in [5, 5.41) is 11.4. The fraction of sp³-hybridized carbons (Fsp3) is 0.182. The number of carbonyl (C=O) groups excluding carboxylic acids is 1. The van der Waals surface area contributed by atoms with Crippen LogP contribution in [0.15, 0.2) is 18.2 Å². The van der Waals surface area contributed by atoms with E-state index in [1.165, 1.54) is 11.3 Å². The van der Waals surface area contributed by atoms with Gasteiger partial charge in [0.05, 0.1) is 10.2 Å². The average molecular weight is 250 g/mol. The lowest BCUT2D eigenvalue weighted by atomic mass is 10.2. The third-order valence-electron chi connectivity index (χ3n) is 2.10. The van der Waals surface area contributed by atoms with Crippen molar-refractivity contribution in [2.45, 2.75) is 13.3 Å². The molecule has 0 unspecified atom stereocenters. The quantitative estimate of drug-likeness (QED) is 0.817. The molecule has 5 nitrogen and oxygen atoms in total. The van der Waals surface area contributed by atoms with E-state index in [4.69, 9.17) is 5.11 Å². The molecule has 88 valence electrons. The van der Waals surface area contributed by atoms with Gasteiger partial charge in [-0.15, -0.1) is 0 Å². The molecule has 0 spiro atoms. The van der Waals surface area contributed by atoms with Gasteiger partial charge in [-0.25, -0.2) is 4.98 Å². The van der Waals surface area contributed by atoms with E-state index < -0.39 is 18.3 Å². The average Bonchev–Trinajstić information content (AvgIpc) is 2.57. The van der Waals surface area contributed by atoms with Gasteiger partial charge in [-0.1, -0.05) is 17.4 Å². The van der Waals surface area contributed by atoms with E-state index in [1.807, 2.05) is 25.1 Å². The summed E-state index contributed by atoms with van der Waals surface area (Å²) in [5.41, 5.74) is 1.91. The van der Waals surface area contributed by atoms with Crippen LogP contribution in [-0.2, 0) is 9.59 Å². The second-order valence-corrected chi connectivity index (χ2v) is 4.64. The zero-order valence-electron chi connectivity index (χ0n) is 9.06. The minimum absolute atomic E-state index is 0.428. The van der Waals surface area contributed by atoms with Crippen LogP contribution in [0.25, 0.3) is 10.2 Å². The predicted molar refractivity (Wildman–Crippen MR) is 65.2 cm³/mol. The Bertz CT molecular complexity index is 591. The van der Waals surface area contributed by atoms with Gasteiger partial charge in [0.2, 0.25) is 5.91 Å². The van der Waals surface area contributed by atoms with Crippen molar-refractivity contribution in [1.29, 1.82) is 0 Å². The molecule has 0 aliphatic rings. The molecule has 1 amide bonds. The van der Waals surface area contributed by atoms with Gasteiger partial charge < -0.3 is 10.4 Å². The van der Waals surface area contributed by atoms with Crippen molar-refractivity contribution in [2.75, 3.05) is 5.32 Å². The molecule has 2 N–H and O–H groups in total. The number of carboxylic acids is 1. The van der Waals surface area contributed by atoms with E-state index in [0.29, 0.717) is 5.13 Å². The maximum absolute atomic E-state index is 11.2. The van der Waals surface area contributed by atoms with Crippen LogP contribution in [0.1, 0.15) is 12.0 Å². The van der Waals surface area contributed by atoms with Crippen LogP contribution in [0.4, 0.5) is 5.13 Å². The van der Waals surface area contributed by atoms with Gasteiger partial charge in [0, 0.05) is 0 Å². The highest BCUT2D eigenvalue weighted by molar-refractivity contribution is 7.22. The van der Waals surface area contributed by atoms with Crippen molar-refractivity contribution in [3.8, 4) is 0 Å². The van der Waals surface area contributed by atoms with Crippen LogP contribution in [0.3, 0.4) is 0 Å². The number of aromatic nitrogens is 1. The third-order valence-corrected chi connectivity index (χ3v) is 3.04. The lowest BCUT2D eigenvalue weighted by molar-refractivity contribution is -0.139. The molecule has 0 saturated carbocycles. The van der Waals surface area contributed by atoms with Gasteiger partial charge in [0.15, 0.2) is 5.13 Å². The Balaban J connectivity index is 2.19. The van der Waals surface area contributed by atoms with E-state index in [1.54, 1.807) is 0 Å². The Hall–Kier alpha value is -1.95. The second kappa shape index (κ2) is 4.50. The van der Waals surface area contributed by atoms with Crippen molar-refractivity contribution < 1.29 is 14.7 Å². The molecule has 2 aromatic rings. The summed E-state index contributed by atoms with van der Waals surface area (Å²) in [7, 11) is 0. The van der Waals surface area contributed by atoms with Gasteiger partial charge in [-0.3, -0.25) is 9.59 Å². The summed E-state index contributed by atoms with van der Waals surface area (Å²) in [5.74, 6) is -1.72. The topological polar surface area (TPSA) is 79.3 Å². The molecule has 0 radical (unpaired) electrons. The van der Waals surface area contributed by atoms with Crippen molar-refractivity contribution >= 4 is 38.6 Å². The first-order chi connectivity index (χ1) is 8.04. The number of amides is 1. The van der Waals surface area contributed by atoms with E-state index in [2.05, 4.69) is 10.3 Å². The summed E-state index contributed by atoms with van der Waals surface area (Å²) < 4.78 is 0.968. The van der Waals surface area contributed by atoms with E-state index in [-0.39, 0.29) is 0 Å². The maximum Gasteiger partial charge on any atom is 0.312 e. The summed E-state index contributed by atoms with van der Waals surface area (Å²) in [4.78, 5) is 25.8. The summed E-state index contributed by atoms with van der Waals surface area (Å²) in [6.07, 6.45) is -0.547. The minimum Gasteiger partial charge on any atom is -0.481 e. The van der Waals surface area contributed by atoms with Gasteiger partial charge >= 0.3 is 5.97 Å². The Morgan fingerprint density at radius 3 is 2.94 bits per heavy atom. The smallest absolute Gasteiger partial charge is 0.312 e. The summed E-state index contributed by atoms with van der Waals surface area (Å²) >= 11 is 1.33. The fourth-order valence-corrected chi connectivity index (χ4v) is 2.37. The first-order valence-electron chi connectivity index (χ1n) is 4.93. The summed E-state index contributed by atoms with van der Waals surface area (Å²) in [6, 6.07) is 5.78. The molecule has 0 saturated heterocycles. The number of carbonyl (C=O) groups is 2. The highest BCUT2D eigenvalue weighted by atomic mass is 32.1. The van der Waals surface area contributed by atoms with Crippen LogP contribution in [0.2, 0.25) is 0 Å². The number of aryl methyl sites for hydroxylation is 1. The monoisotopic (exact) mass is 250 g/mol. The van der Waals surface area contributed by atoms with Crippen LogP contribution in [0, 0.1) is 6.92 Å². The lowest BCUT2D eigenvalue weighted by Gasteiger charge is -1.96. The molecule has 6 heteroatoms. The summed E-state index contributed by atoms with van der Waals surface area (Å²) in [6.45, 7) is 1.97. The number of thiazole rings is 1. The fourth-order valence-electron chi connectivity index (χ4n) is 1.39. The Morgan fingerprint density at radius 1 is 1.47 bits per heavy atom. The molecule has 0 bridgehead atoms. The number of aliphatic carboxylic acids is 1. The molecule has 0 aliphatic heterocycles. The van der Waals surface area contributed by atoms with E-state index in [0.717, 1.165) is 15.8 Å². The SMILES string of the molecule is Cc1ccc2nc(NC(=O)CC(=O)O)sc2c1. The number of carboxylic acid groups (broad SMARTS) is 1. The van der Waals surface area contributed by atoms with Crippen LogP contribution in [-0.4, -0.2) is 22.0 Å². The van der Waals surface area contributed by atoms with Gasteiger partial charge in [0.25, 0.3) is 0 Å². The third kappa shape index (κ3) is 2.79. The molecule has 1 heterocycles. The number of rotatable bonds is 3. The van der Waals surface area contributed by atoms with E-state index in [9.17, 15) is 9.59 Å². The number of benzene rings is 1. The molecular formula is C11H10N2O3S. The molecule has 0 atom stereocenters. The number of hydrogen-bond donors (Lipinski definition) is 2. The zero-order valence-corrected chi connectivity index (χ0v) is 9.87. The largest absolute Gasteiger partial charge is 0.481 e. The van der Waals surface area contributed by atoms with Crippen molar-refractivity contribution in [3.63, 3.8) is 0 Å². The maximum atomic E-state index is 11.2. The van der Waals surface area contributed by atoms with Crippen LogP contribution < -0.4 is 5.32 Å². The first-order valence-corrected chi connectivity index (χ1v) is 5.75. The lowest BCUT2D eigenvalue weighted by Crippen LogP contribution is -2.15. The molecule has 1 aromatic heterocycles. The van der Waals surface area contributed by atoms with Crippen molar-refractivity contribution in [2.24, 2.45) is 0 Å². The van der Waals surface area contributed by atoms with Crippen LogP contribution in [0.5, 0.6) is 0 Å². The highest BCUT2D eigenvalue weighted by Crippen LogP contribution is 2.26. The van der Waals surface area contributed by atoms with Gasteiger partial charge in [0.1, 0.15) is 6.42 Å². The predicted octanol–water partition coefficient (Wildman–Crippen LogP) is 2.02. The number of anilines is 1. The van der Waals surface area contributed by atoms with Crippen molar-refractivity contribution in [1.82, 2.24) is 4.98 Å². The standard InChI is InChI=1S/C11H10N2O3S/c1-6-2-3-7-8(4-6)17-11(12-7)13-9(14)5-10(15)16/h2-4H,5H2,1H3,(H,15,16)(H,12,13,14). The Morgan fingerprint density at radius 2 is 2.24 bits per heavy atom. The Labute approximate surface area is 101 Å². The van der Waals surface area contributed by atoms with Gasteiger partial charge in [-0.05, 0) is 24.6 Å². The molecule has 17 heavy (non-hydrogen) atoms. The highest BCUT2D eigenvalue weighted by Gasteiger charge is 2.10. The number of nitrogens with zero attached hydrogens (tertiary/aromatic N) is 1. The van der Waals surface area contributed by atoms with Gasteiger partial charge in [-0.2, -0.15) is 0 Å². The number of hydrogen-bond acceptors (Lipinski definition) is 4. The minimum atomic E-state index is -1.15. The Kier molecular flexibility index (Phi) is 3.06. The second-order valence-electron chi connectivity index (χ2n) is 3.61. The number of nitrogens with one attached hydrogen (secondary N) is 1. The van der Waals surface area contributed by atoms with Crippen LogP contribution >= 0.6 is 11.3 Å². The molecule has 0 aliphatic carbocycles. The zero-order chi connectivity index (χ0) is 12.4. The van der Waals surface area contributed by atoms with E-state index >= 15 is 0 Å². The molecular weight excluding hydrogens is 240 g/mol. The molecule has 0 fully saturated rings. The molecule has 1 aromatic carbocycles. The van der Waals surface area contributed by atoms with Crippen molar-refractivity contribution in [3.05, 3.63) is 23.8 Å². The molecule has 2 rings (SSSR count). The number of fused-ring (bicyclic) bond motifs is 1. The first kappa shape index (κ1) is 11.5.